The summed E-state index contributed by atoms with van der Waals surface area (Å²) in [6.07, 6.45) is 53.0. The van der Waals surface area contributed by atoms with Gasteiger partial charge in [-0.05, 0) is 77.0 Å². The maximum absolute atomic E-state index is 13.1. The molecule has 0 amide bonds. The van der Waals surface area contributed by atoms with Crippen LogP contribution >= 0.6 is 0 Å². The van der Waals surface area contributed by atoms with Crippen molar-refractivity contribution in [2.24, 2.45) is 0 Å². The van der Waals surface area contributed by atoms with Crippen LogP contribution in [0, 0.1) is 0 Å². The van der Waals surface area contributed by atoms with Gasteiger partial charge < -0.3 is 39.0 Å². The van der Waals surface area contributed by atoms with Gasteiger partial charge in [0.2, 0.25) is 0 Å². The van der Waals surface area contributed by atoms with E-state index in [4.69, 9.17) is 23.7 Å². The Kier molecular flexibility index (Phi) is 46.6. The average Bonchev–Trinajstić information content (AvgIpc) is 3.39. The topological polar surface area (TPSA) is 175 Å². The largest absolute Gasteiger partial charge is 0.479 e. The zero-order chi connectivity index (χ0) is 54.7. The van der Waals surface area contributed by atoms with Crippen LogP contribution in [-0.4, -0.2) is 89.2 Å². The van der Waals surface area contributed by atoms with Gasteiger partial charge in [0.15, 0.2) is 24.6 Å². The fourth-order valence-electron chi connectivity index (χ4n) is 8.47. The third kappa shape index (κ3) is 40.8. The first-order valence-corrected chi connectivity index (χ1v) is 29.6. The van der Waals surface area contributed by atoms with Gasteiger partial charge in [-0.3, -0.25) is 14.4 Å². The number of carboxylic acids is 1. The Hall–Kier alpha value is -4.10. The molecule has 12 heteroatoms. The highest BCUT2D eigenvalue weighted by atomic mass is 16.7. The number of hydrogen-bond acceptors (Lipinski definition) is 11. The highest BCUT2D eigenvalue weighted by molar-refractivity contribution is 5.74. The summed E-state index contributed by atoms with van der Waals surface area (Å²) in [5.74, 6) is -3.29. The normalized spacial score (nSPS) is 18.8. The summed E-state index contributed by atoms with van der Waals surface area (Å²) in [4.78, 5) is 51.0. The molecule has 75 heavy (non-hydrogen) atoms. The molecule has 0 spiro atoms. The summed E-state index contributed by atoms with van der Waals surface area (Å²) in [6.45, 7) is 5.75. The number of carboxylic acid groups (broad SMARTS) is 1. The summed E-state index contributed by atoms with van der Waals surface area (Å²) < 4.78 is 28.3. The molecule has 1 saturated heterocycles. The number of rotatable bonds is 49. The quantitative estimate of drug-likeness (QED) is 0.0228. The lowest BCUT2D eigenvalue weighted by atomic mass is 9.98. The second kappa shape index (κ2) is 50.7. The Morgan fingerprint density at radius 3 is 1.37 bits per heavy atom. The number of aliphatic carboxylic acids is 1. The van der Waals surface area contributed by atoms with Gasteiger partial charge in [-0.25, -0.2) is 4.79 Å². The first-order valence-electron chi connectivity index (χ1n) is 29.6. The maximum atomic E-state index is 13.1. The second-order valence-corrected chi connectivity index (χ2v) is 19.9. The molecule has 1 aliphatic rings. The fourth-order valence-corrected chi connectivity index (χ4v) is 8.47. The van der Waals surface area contributed by atoms with Crippen LogP contribution in [0.4, 0.5) is 0 Å². The standard InChI is InChI=1S/C63H104O12/c1-4-7-10-13-16-19-22-24-26-27-28-29-31-32-35-37-40-43-46-49-55(64)71-52-54(73-56(65)50-47-44-41-39-36-33-30-25-23-20-17-14-11-8-5-2)53-72-63-61(59(68)58(67)60(75-63)62(69)70)74-57(66)51-48-45-42-38-34-21-18-15-12-9-6-3/h8,11,16-17,19-20,24-26,30,36,39,44,47,54,58-61,63,67-68H,4-7,9-10,12-15,18,21-23,27-29,31-35,37-38,40-43,45-46,48-53H2,1-3H3,(H,69,70)/b11-8-,19-16-,20-17-,26-24-,30-25-,39-36-,47-44-. The molecule has 12 nitrogen and oxygen atoms in total. The number of aliphatic hydroxyl groups is 2. The van der Waals surface area contributed by atoms with Crippen LogP contribution < -0.4 is 0 Å². The first-order chi connectivity index (χ1) is 36.6. The number of carbonyl (C=O) groups excluding carboxylic acids is 3. The van der Waals surface area contributed by atoms with Crippen LogP contribution in [-0.2, 0) is 42.9 Å². The van der Waals surface area contributed by atoms with Crippen LogP contribution in [0.5, 0.6) is 0 Å². The molecule has 0 aromatic carbocycles. The minimum atomic E-state index is -1.92. The summed E-state index contributed by atoms with van der Waals surface area (Å²) >= 11 is 0. The van der Waals surface area contributed by atoms with E-state index in [1.807, 2.05) is 12.2 Å². The van der Waals surface area contributed by atoms with Crippen molar-refractivity contribution < 1.29 is 58.2 Å². The second-order valence-electron chi connectivity index (χ2n) is 19.9. The van der Waals surface area contributed by atoms with Gasteiger partial charge in [0.1, 0.15) is 18.8 Å². The van der Waals surface area contributed by atoms with Crippen LogP contribution in [0.2, 0.25) is 0 Å². The van der Waals surface area contributed by atoms with E-state index in [1.54, 1.807) is 6.08 Å². The van der Waals surface area contributed by atoms with Crippen LogP contribution in [0.25, 0.3) is 0 Å². The van der Waals surface area contributed by atoms with Crippen molar-refractivity contribution in [3.63, 3.8) is 0 Å². The predicted molar refractivity (Wildman–Crippen MR) is 303 cm³/mol. The van der Waals surface area contributed by atoms with E-state index in [0.717, 1.165) is 83.5 Å². The van der Waals surface area contributed by atoms with E-state index < -0.39 is 67.3 Å². The molecule has 0 radical (unpaired) electrons. The summed E-state index contributed by atoms with van der Waals surface area (Å²) in [5.41, 5.74) is 0. The van der Waals surface area contributed by atoms with Gasteiger partial charge in [-0.15, -0.1) is 0 Å². The average molecular weight is 1050 g/mol. The van der Waals surface area contributed by atoms with Crippen LogP contribution in [0.15, 0.2) is 85.1 Å². The van der Waals surface area contributed by atoms with E-state index in [-0.39, 0.29) is 25.9 Å². The molecule has 0 bridgehead atoms. The Balaban J connectivity index is 2.72. The Bertz CT molecular complexity index is 1630. The zero-order valence-corrected chi connectivity index (χ0v) is 47.0. The van der Waals surface area contributed by atoms with Crippen molar-refractivity contribution >= 4 is 23.9 Å². The number of aliphatic hydroxyl groups excluding tert-OH is 2. The number of esters is 3. The van der Waals surface area contributed by atoms with Crippen molar-refractivity contribution in [2.75, 3.05) is 13.2 Å². The molecule has 428 valence electrons. The Morgan fingerprint density at radius 1 is 0.467 bits per heavy atom. The lowest BCUT2D eigenvalue weighted by Crippen LogP contribution is -2.61. The molecule has 3 N–H and O–H groups in total. The molecule has 0 aromatic rings. The smallest absolute Gasteiger partial charge is 0.335 e. The van der Waals surface area contributed by atoms with Gasteiger partial charge >= 0.3 is 23.9 Å². The van der Waals surface area contributed by atoms with Gasteiger partial charge in [-0.1, -0.05) is 228 Å². The predicted octanol–water partition coefficient (Wildman–Crippen LogP) is 15.1. The number of carbonyl (C=O) groups is 4. The minimum Gasteiger partial charge on any atom is -0.479 e. The molecule has 6 atom stereocenters. The van der Waals surface area contributed by atoms with E-state index in [0.29, 0.717) is 19.3 Å². The van der Waals surface area contributed by atoms with Gasteiger partial charge in [-0.2, -0.15) is 0 Å². The molecule has 0 saturated carbocycles. The monoisotopic (exact) mass is 1050 g/mol. The van der Waals surface area contributed by atoms with Crippen molar-refractivity contribution in [3.8, 4) is 0 Å². The molecular formula is C63H104O12. The summed E-state index contributed by atoms with van der Waals surface area (Å²) in [5, 5.41) is 31.4. The summed E-state index contributed by atoms with van der Waals surface area (Å²) in [6, 6.07) is 0. The molecule has 1 fully saturated rings. The highest BCUT2D eigenvalue weighted by Gasteiger charge is 2.50. The number of unbranched alkanes of at least 4 members (excludes halogenated alkanes) is 22. The number of ether oxygens (including phenoxy) is 5. The van der Waals surface area contributed by atoms with Crippen LogP contribution in [0.3, 0.4) is 0 Å². The molecule has 0 aromatic heterocycles. The van der Waals surface area contributed by atoms with Crippen molar-refractivity contribution in [1.82, 2.24) is 0 Å². The van der Waals surface area contributed by atoms with Crippen molar-refractivity contribution in [2.45, 2.75) is 276 Å². The van der Waals surface area contributed by atoms with E-state index in [2.05, 4.69) is 87.6 Å². The minimum absolute atomic E-state index is 0.0493. The third-order valence-corrected chi connectivity index (χ3v) is 13.0. The Labute approximate surface area is 454 Å². The maximum Gasteiger partial charge on any atom is 0.335 e. The van der Waals surface area contributed by atoms with Crippen molar-refractivity contribution in [1.29, 1.82) is 0 Å². The summed E-state index contributed by atoms with van der Waals surface area (Å²) in [7, 11) is 0. The molecular weight excluding hydrogens is 949 g/mol. The molecule has 1 rings (SSSR count). The lowest BCUT2D eigenvalue weighted by Gasteiger charge is -2.40. The highest BCUT2D eigenvalue weighted by Crippen LogP contribution is 2.26. The zero-order valence-electron chi connectivity index (χ0n) is 47.0. The number of hydrogen-bond donors (Lipinski definition) is 3. The first kappa shape index (κ1) is 68.9. The lowest BCUT2D eigenvalue weighted by molar-refractivity contribution is -0.301. The molecule has 1 heterocycles. The van der Waals surface area contributed by atoms with E-state index in [9.17, 15) is 34.5 Å². The third-order valence-electron chi connectivity index (χ3n) is 13.0. The van der Waals surface area contributed by atoms with Gasteiger partial charge in [0.05, 0.1) is 13.0 Å². The van der Waals surface area contributed by atoms with Gasteiger partial charge in [0, 0.05) is 12.8 Å². The van der Waals surface area contributed by atoms with E-state index in [1.165, 1.54) is 96.3 Å². The molecule has 1 aliphatic heterocycles. The van der Waals surface area contributed by atoms with Crippen molar-refractivity contribution in [3.05, 3.63) is 85.1 Å². The Morgan fingerprint density at radius 2 is 0.880 bits per heavy atom. The van der Waals surface area contributed by atoms with Crippen LogP contribution in [0.1, 0.15) is 239 Å². The van der Waals surface area contributed by atoms with E-state index >= 15 is 0 Å². The molecule has 6 unspecified atom stereocenters. The molecule has 0 aliphatic carbocycles. The number of allylic oxidation sites excluding steroid dienone is 13. The fraction of sp³-hybridized carbons (Fsp3) is 0.714. The SMILES string of the molecule is CC/C=C\C/C=C\C/C=C\C/C=C\C/C=C\CC(=O)OC(COC(=O)CCCCCCCCCCC/C=C\C/C=C\CCCCC)COC1OC(C(=O)O)C(O)C(O)C1OC(=O)CCCCCCCCCCCCC. The van der Waals surface area contributed by atoms with Gasteiger partial charge in [0.25, 0.3) is 0 Å².